The van der Waals surface area contributed by atoms with Crippen molar-refractivity contribution in [3.05, 3.63) is 0 Å². The SMILES string of the molecule is CC(C)(C)NC(=O)[C@@H]1N[C@H](CO)CN2[C@H]1[C@H]2CO[Si](C)(C)C(C)(C)C. The van der Waals surface area contributed by atoms with Crippen LogP contribution in [0.2, 0.25) is 18.1 Å². The molecule has 5 atom stereocenters. The fourth-order valence-electron chi connectivity index (χ4n) is 3.18. The van der Waals surface area contributed by atoms with Gasteiger partial charge in [-0.2, -0.15) is 0 Å². The average molecular weight is 372 g/mol. The molecule has 1 unspecified atom stereocenters. The van der Waals surface area contributed by atoms with Crippen molar-refractivity contribution in [3.63, 3.8) is 0 Å². The molecule has 2 saturated heterocycles. The Morgan fingerprint density at radius 2 is 1.88 bits per heavy atom. The number of rotatable bonds is 5. The van der Waals surface area contributed by atoms with Gasteiger partial charge in [0.05, 0.1) is 19.3 Å². The van der Waals surface area contributed by atoms with Gasteiger partial charge in [-0.05, 0) is 38.9 Å². The average Bonchev–Trinajstić information content (AvgIpc) is 3.14. The predicted octanol–water partition coefficient (Wildman–Crippen LogP) is 1.31. The van der Waals surface area contributed by atoms with Gasteiger partial charge in [-0.25, -0.2) is 0 Å². The molecule has 0 radical (unpaired) electrons. The molecule has 2 aliphatic rings. The maximum atomic E-state index is 12.7. The number of aliphatic hydroxyl groups excluding tert-OH is 1. The number of piperazine rings is 1. The van der Waals surface area contributed by atoms with Gasteiger partial charge < -0.3 is 14.8 Å². The third-order valence-corrected chi connectivity index (χ3v) is 10.2. The molecule has 2 fully saturated rings. The Hall–Kier alpha value is -0.473. The molecule has 0 aromatic carbocycles. The lowest BCUT2D eigenvalue weighted by Gasteiger charge is -2.36. The van der Waals surface area contributed by atoms with Crippen LogP contribution in [0.25, 0.3) is 0 Å². The molecule has 0 aromatic rings. The van der Waals surface area contributed by atoms with Crippen molar-refractivity contribution < 1.29 is 14.3 Å². The summed E-state index contributed by atoms with van der Waals surface area (Å²) in [5.41, 5.74) is -0.266. The lowest BCUT2D eigenvalue weighted by molar-refractivity contribution is -0.125. The molecule has 2 heterocycles. The summed E-state index contributed by atoms with van der Waals surface area (Å²) >= 11 is 0. The second-order valence-electron chi connectivity index (χ2n) is 10.1. The number of nitrogens with one attached hydrogen (secondary N) is 2. The van der Waals surface area contributed by atoms with Gasteiger partial charge in [0.25, 0.3) is 0 Å². The summed E-state index contributed by atoms with van der Waals surface area (Å²) in [7, 11) is -1.80. The second kappa shape index (κ2) is 6.92. The summed E-state index contributed by atoms with van der Waals surface area (Å²) in [5, 5.41) is 16.1. The number of amides is 1. The van der Waals surface area contributed by atoms with E-state index in [1.54, 1.807) is 0 Å². The molecule has 0 saturated carbocycles. The first kappa shape index (κ1) is 20.8. The van der Waals surface area contributed by atoms with Crippen LogP contribution in [0.5, 0.6) is 0 Å². The third kappa shape index (κ3) is 4.83. The van der Waals surface area contributed by atoms with Crippen molar-refractivity contribution in [2.75, 3.05) is 19.8 Å². The quantitative estimate of drug-likeness (QED) is 0.502. The van der Waals surface area contributed by atoms with Gasteiger partial charge in [-0.3, -0.25) is 15.0 Å². The summed E-state index contributed by atoms with van der Waals surface area (Å²) in [6.07, 6.45) is 0. The molecule has 0 aromatic heterocycles. The van der Waals surface area contributed by atoms with Crippen LogP contribution in [0.1, 0.15) is 41.5 Å². The van der Waals surface area contributed by atoms with Crippen molar-refractivity contribution >= 4 is 14.2 Å². The van der Waals surface area contributed by atoms with Gasteiger partial charge >= 0.3 is 0 Å². The lowest BCUT2D eigenvalue weighted by Crippen LogP contribution is -2.60. The summed E-state index contributed by atoms with van der Waals surface area (Å²) in [4.78, 5) is 15.0. The number of aliphatic hydroxyl groups is 1. The Morgan fingerprint density at radius 1 is 1.28 bits per heavy atom. The Balaban J connectivity index is 2.03. The number of hydrogen-bond donors (Lipinski definition) is 3. The number of hydrogen-bond acceptors (Lipinski definition) is 5. The fourth-order valence-corrected chi connectivity index (χ4v) is 4.20. The minimum atomic E-state index is -1.80. The Morgan fingerprint density at radius 3 is 2.36 bits per heavy atom. The van der Waals surface area contributed by atoms with E-state index in [0.717, 1.165) is 6.54 Å². The van der Waals surface area contributed by atoms with Gasteiger partial charge in [-0.1, -0.05) is 20.8 Å². The van der Waals surface area contributed by atoms with E-state index in [0.29, 0.717) is 6.61 Å². The highest BCUT2D eigenvalue weighted by Gasteiger charge is 2.58. The topological polar surface area (TPSA) is 73.6 Å². The van der Waals surface area contributed by atoms with E-state index < -0.39 is 8.32 Å². The van der Waals surface area contributed by atoms with Gasteiger partial charge in [0.15, 0.2) is 8.32 Å². The zero-order valence-electron chi connectivity index (χ0n) is 17.1. The summed E-state index contributed by atoms with van der Waals surface area (Å²) < 4.78 is 6.38. The molecule has 7 heteroatoms. The van der Waals surface area contributed by atoms with Gasteiger partial charge in [0, 0.05) is 24.2 Å². The van der Waals surface area contributed by atoms with E-state index in [1.807, 2.05) is 20.8 Å². The van der Waals surface area contributed by atoms with Crippen molar-refractivity contribution in [2.45, 2.75) is 89.4 Å². The molecular formula is C18H37N3O3Si. The molecule has 25 heavy (non-hydrogen) atoms. The van der Waals surface area contributed by atoms with Gasteiger partial charge in [-0.15, -0.1) is 0 Å². The van der Waals surface area contributed by atoms with Crippen LogP contribution in [0.3, 0.4) is 0 Å². The van der Waals surface area contributed by atoms with Crippen LogP contribution in [-0.2, 0) is 9.22 Å². The van der Waals surface area contributed by atoms with E-state index in [2.05, 4.69) is 49.4 Å². The molecule has 2 rings (SSSR count). The van der Waals surface area contributed by atoms with Crippen LogP contribution in [0.4, 0.5) is 0 Å². The van der Waals surface area contributed by atoms with Crippen molar-refractivity contribution in [2.24, 2.45) is 0 Å². The van der Waals surface area contributed by atoms with E-state index in [-0.39, 0.29) is 47.3 Å². The number of nitrogens with zero attached hydrogens (tertiary/aromatic N) is 1. The molecule has 6 nitrogen and oxygen atoms in total. The van der Waals surface area contributed by atoms with Crippen molar-refractivity contribution in [3.8, 4) is 0 Å². The van der Waals surface area contributed by atoms with Crippen molar-refractivity contribution in [1.29, 1.82) is 0 Å². The van der Waals surface area contributed by atoms with Crippen LogP contribution in [-0.4, -0.2) is 73.7 Å². The van der Waals surface area contributed by atoms with Crippen LogP contribution in [0, 0.1) is 0 Å². The highest BCUT2D eigenvalue weighted by atomic mass is 28.4. The third-order valence-electron chi connectivity index (χ3n) is 5.72. The predicted molar refractivity (Wildman–Crippen MR) is 103 cm³/mol. The van der Waals surface area contributed by atoms with E-state index in [4.69, 9.17) is 4.43 Å². The zero-order chi connectivity index (χ0) is 19.2. The number of carbonyl (C=O) groups is 1. The summed E-state index contributed by atoms with van der Waals surface area (Å²) in [6, 6.07) is 0.0618. The lowest BCUT2D eigenvalue weighted by atomic mass is 10.0. The first-order chi connectivity index (χ1) is 11.3. The molecule has 0 spiro atoms. The molecule has 0 aliphatic carbocycles. The van der Waals surface area contributed by atoms with Crippen LogP contribution < -0.4 is 10.6 Å². The maximum Gasteiger partial charge on any atom is 0.239 e. The monoisotopic (exact) mass is 371 g/mol. The van der Waals surface area contributed by atoms with Gasteiger partial charge in [0.1, 0.15) is 6.04 Å². The number of carbonyl (C=O) groups excluding carboxylic acids is 1. The molecule has 0 bridgehead atoms. The fraction of sp³-hybridized carbons (Fsp3) is 0.944. The molecule has 3 N–H and O–H groups in total. The summed E-state index contributed by atoms with van der Waals surface area (Å²) in [6.45, 7) is 18.7. The number of fused-ring (bicyclic) bond motifs is 1. The Kier molecular flexibility index (Phi) is 5.77. The Labute approximate surface area is 153 Å². The summed E-state index contributed by atoms with van der Waals surface area (Å²) in [5.74, 6) is 0.00970. The van der Waals surface area contributed by atoms with Crippen LogP contribution >= 0.6 is 0 Å². The first-order valence-electron chi connectivity index (χ1n) is 9.35. The van der Waals surface area contributed by atoms with E-state index >= 15 is 0 Å². The highest BCUT2D eigenvalue weighted by Crippen LogP contribution is 2.40. The van der Waals surface area contributed by atoms with Crippen molar-refractivity contribution in [1.82, 2.24) is 15.5 Å². The highest BCUT2D eigenvalue weighted by molar-refractivity contribution is 6.74. The first-order valence-corrected chi connectivity index (χ1v) is 12.3. The van der Waals surface area contributed by atoms with Crippen LogP contribution in [0.15, 0.2) is 0 Å². The molecule has 146 valence electrons. The largest absolute Gasteiger partial charge is 0.415 e. The van der Waals surface area contributed by atoms with E-state index in [9.17, 15) is 9.90 Å². The molecule has 2 aliphatic heterocycles. The Bertz CT molecular complexity index is 499. The minimum Gasteiger partial charge on any atom is -0.415 e. The second-order valence-corrected chi connectivity index (χ2v) is 14.9. The smallest absolute Gasteiger partial charge is 0.239 e. The molecule has 1 amide bonds. The maximum absolute atomic E-state index is 12.7. The van der Waals surface area contributed by atoms with Gasteiger partial charge in [0.2, 0.25) is 5.91 Å². The standard InChI is InChI=1S/C18H37N3O3Si/c1-17(2,3)20-16(23)14-15-13(21(15)9-12(10-22)19-14)11-24-25(7,8)18(4,5)6/h12-15,19,22H,9-11H2,1-8H3,(H,20,23)/t12-,13+,14+,15-,21?/m0/s1. The van der Waals surface area contributed by atoms with E-state index in [1.165, 1.54) is 0 Å². The zero-order valence-corrected chi connectivity index (χ0v) is 18.1. The minimum absolute atomic E-state index is 0.00970. The molecular weight excluding hydrogens is 334 g/mol. The normalized spacial score (nSPS) is 32.9.